The molecule has 1 N–H and O–H groups in total. The lowest BCUT2D eigenvalue weighted by molar-refractivity contribution is -0.195. The van der Waals surface area contributed by atoms with E-state index in [9.17, 15) is 24.3 Å². The summed E-state index contributed by atoms with van der Waals surface area (Å²) >= 11 is 0. The van der Waals surface area contributed by atoms with Crippen LogP contribution in [-0.2, 0) is 37.0 Å². The van der Waals surface area contributed by atoms with E-state index in [0.717, 1.165) is 11.1 Å². The first-order valence-electron chi connectivity index (χ1n) is 18.6. The van der Waals surface area contributed by atoms with Gasteiger partial charge in [0.2, 0.25) is 11.8 Å². The van der Waals surface area contributed by atoms with Gasteiger partial charge in [-0.2, -0.15) is 0 Å². The number of ether oxygens (including phenoxy) is 3. The molecule has 4 aromatic rings. The van der Waals surface area contributed by atoms with E-state index >= 15 is 0 Å². The number of para-hydroxylation sites is 2. The number of hydrogen-bond donors (Lipinski definition) is 1. The average molecular weight is 735 g/mol. The largest absolute Gasteiger partial charge is 0.481 e. The van der Waals surface area contributed by atoms with E-state index in [-0.39, 0.29) is 13.1 Å². The van der Waals surface area contributed by atoms with Crippen molar-refractivity contribution in [2.45, 2.75) is 66.2 Å². The highest BCUT2D eigenvalue weighted by atomic mass is 16.6. The van der Waals surface area contributed by atoms with Crippen molar-refractivity contribution < 1.29 is 38.5 Å². The Hall–Kier alpha value is -5.64. The molecule has 0 radical (unpaired) electrons. The van der Waals surface area contributed by atoms with Crippen LogP contribution in [0.25, 0.3) is 0 Å². The number of aliphatic carboxylic acids is 1. The van der Waals surface area contributed by atoms with Crippen LogP contribution in [0.5, 0.6) is 23.0 Å². The molecule has 2 amide bonds. The molecule has 0 heterocycles. The van der Waals surface area contributed by atoms with Gasteiger partial charge < -0.3 is 29.1 Å². The molecule has 0 saturated heterocycles. The van der Waals surface area contributed by atoms with Crippen molar-refractivity contribution in [2.75, 3.05) is 13.1 Å². The highest BCUT2D eigenvalue weighted by Crippen LogP contribution is 2.50. The molecule has 1 aliphatic rings. The van der Waals surface area contributed by atoms with E-state index in [0.29, 0.717) is 48.9 Å². The first-order chi connectivity index (χ1) is 25.9. The van der Waals surface area contributed by atoms with Gasteiger partial charge in [-0.15, -0.1) is 0 Å². The summed E-state index contributed by atoms with van der Waals surface area (Å²) in [6, 6.07) is 33.5. The Morgan fingerprint density at radius 3 is 1.28 bits per heavy atom. The van der Waals surface area contributed by atoms with E-state index in [1.54, 1.807) is 30.6 Å². The number of benzene rings is 4. The van der Waals surface area contributed by atoms with E-state index in [1.807, 2.05) is 123 Å². The van der Waals surface area contributed by atoms with E-state index in [2.05, 4.69) is 0 Å². The predicted octanol–water partition coefficient (Wildman–Crippen LogP) is 8.35. The standard InChI is InChI=1S/C44H50N2O8/c1-6-26-45(28-30-18-22-34(23-19-30)52-32-14-10-8-11-15-32)40(47)36-37(39(38(36)42(49)50)43(51)54-44(3,4)5)41(48)46(27-7-2)29-31-20-24-35(25-21-31)53-33-16-12-9-13-17-33/h8-25,36-39H,6-7,26-29H2,1-5H3,(H,49,50). The van der Waals surface area contributed by atoms with Gasteiger partial charge in [0.15, 0.2) is 0 Å². The number of carboxylic acids is 1. The van der Waals surface area contributed by atoms with Crippen LogP contribution in [0.4, 0.5) is 0 Å². The maximum absolute atomic E-state index is 14.6. The van der Waals surface area contributed by atoms with Crippen LogP contribution in [-0.4, -0.2) is 57.3 Å². The molecular weight excluding hydrogens is 684 g/mol. The third kappa shape index (κ3) is 10.1. The second-order valence-corrected chi connectivity index (χ2v) is 14.6. The molecule has 284 valence electrons. The van der Waals surface area contributed by atoms with Crippen LogP contribution in [0.3, 0.4) is 0 Å². The minimum atomic E-state index is -1.43. The maximum Gasteiger partial charge on any atom is 0.311 e. The predicted molar refractivity (Wildman–Crippen MR) is 205 cm³/mol. The highest BCUT2D eigenvalue weighted by molar-refractivity contribution is 6.00. The van der Waals surface area contributed by atoms with Crippen LogP contribution < -0.4 is 9.47 Å². The van der Waals surface area contributed by atoms with Gasteiger partial charge in [-0.1, -0.05) is 74.5 Å². The van der Waals surface area contributed by atoms with E-state index in [4.69, 9.17) is 14.2 Å². The zero-order valence-corrected chi connectivity index (χ0v) is 31.6. The van der Waals surface area contributed by atoms with E-state index in [1.165, 1.54) is 0 Å². The summed E-state index contributed by atoms with van der Waals surface area (Å²) in [7, 11) is 0. The van der Waals surface area contributed by atoms with Gasteiger partial charge in [0.1, 0.15) is 28.6 Å². The Balaban J connectivity index is 1.40. The van der Waals surface area contributed by atoms with Gasteiger partial charge in [0, 0.05) is 26.2 Å². The number of rotatable bonds is 16. The zero-order valence-electron chi connectivity index (χ0n) is 31.6. The SMILES string of the molecule is CCCN(Cc1ccc(Oc2ccccc2)cc1)C(=O)C1C(C(=O)O)C(C(=O)OC(C)(C)C)C1C(=O)N(CCC)Cc1ccc(Oc2ccccc2)cc1. The monoisotopic (exact) mass is 734 g/mol. The van der Waals surface area contributed by atoms with Crippen molar-refractivity contribution in [1.82, 2.24) is 9.80 Å². The summed E-state index contributed by atoms with van der Waals surface area (Å²) < 4.78 is 17.5. The highest BCUT2D eigenvalue weighted by Gasteiger charge is 2.65. The van der Waals surface area contributed by atoms with Crippen molar-refractivity contribution in [3.63, 3.8) is 0 Å². The molecule has 10 nitrogen and oxygen atoms in total. The van der Waals surface area contributed by atoms with Gasteiger partial charge in [0.05, 0.1) is 23.7 Å². The molecule has 10 heteroatoms. The Morgan fingerprint density at radius 2 is 0.926 bits per heavy atom. The number of amides is 2. The first-order valence-corrected chi connectivity index (χ1v) is 18.6. The Kier molecular flexibility index (Phi) is 13.1. The summed E-state index contributed by atoms with van der Waals surface area (Å²) in [5.41, 5.74) is 0.692. The number of carboxylic acid groups (broad SMARTS) is 1. The normalized spacial score (nSPS) is 17.8. The lowest BCUT2D eigenvalue weighted by atomic mass is 9.55. The second kappa shape index (κ2) is 17.9. The fourth-order valence-electron chi connectivity index (χ4n) is 6.84. The first kappa shape index (κ1) is 39.6. The summed E-state index contributed by atoms with van der Waals surface area (Å²) in [5.74, 6) is -5.64. The molecule has 1 fully saturated rings. The molecule has 1 saturated carbocycles. The van der Waals surface area contributed by atoms with E-state index < -0.39 is 53.0 Å². The van der Waals surface area contributed by atoms with Crippen LogP contribution in [0.2, 0.25) is 0 Å². The minimum Gasteiger partial charge on any atom is -0.481 e. The smallest absolute Gasteiger partial charge is 0.311 e. The van der Waals surface area contributed by atoms with Crippen LogP contribution in [0, 0.1) is 23.7 Å². The number of esters is 1. The Bertz CT molecular complexity index is 1860. The topological polar surface area (TPSA) is 123 Å². The number of nitrogens with zero attached hydrogens (tertiary/aromatic N) is 2. The minimum absolute atomic E-state index is 0.190. The summed E-state index contributed by atoms with van der Waals surface area (Å²) in [6.07, 6.45) is 1.21. The fourth-order valence-corrected chi connectivity index (χ4v) is 6.84. The summed E-state index contributed by atoms with van der Waals surface area (Å²) in [5, 5.41) is 10.5. The van der Waals surface area contributed by atoms with Crippen molar-refractivity contribution in [2.24, 2.45) is 23.7 Å². The van der Waals surface area contributed by atoms with Crippen molar-refractivity contribution >= 4 is 23.8 Å². The second-order valence-electron chi connectivity index (χ2n) is 14.6. The summed E-state index contributed by atoms with van der Waals surface area (Å²) in [4.78, 5) is 59.0. The van der Waals surface area contributed by atoms with Crippen molar-refractivity contribution in [3.8, 4) is 23.0 Å². The molecule has 0 spiro atoms. The van der Waals surface area contributed by atoms with Crippen molar-refractivity contribution in [1.29, 1.82) is 0 Å². The Labute approximate surface area is 317 Å². The van der Waals surface area contributed by atoms with Crippen LogP contribution in [0.15, 0.2) is 109 Å². The molecule has 4 aromatic carbocycles. The average Bonchev–Trinajstić information content (AvgIpc) is 3.12. The molecule has 4 atom stereocenters. The van der Waals surface area contributed by atoms with Gasteiger partial charge in [0.25, 0.3) is 0 Å². The lowest BCUT2D eigenvalue weighted by Gasteiger charge is -2.49. The van der Waals surface area contributed by atoms with Gasteiger partial charge in [-0.05, 0) is 93.3 Å². The quantitative estimate of drug-likeness (QED) is 0.114. The molecule has 1 aliphatic carbocycles. The van der Waals surface area contributed by atoms with Crippen LogP contribution in [0.1, 0.15) is 58.6 Å². The third-order valence-electron chi connectivity index (χ3n) is 9.24. The zero-order chi connectivity index (χ0) is 38.8. The molecule has 5 rings (SSSR count). The lowest BCUT2D eigenvalue weighted by Crippen LogP contribution is -2.64. The van der Waals surface area contributed by atoms with Crippen LogP contribution >= 0.6 is 0 Å². The molecular formula is C44H50N2O8. The molecule has 0 bridgehead atoms. The van der Waals surface area contributed by atoms with Gasteiger partial charge in [-0.25, -0.2) is 0 Å². The molecule has 0 aromatic heterocycles. The number of carbonyl (C=O) groups is 4. The maximum atomic E-state index is 14.6. The number of hydrogen-bond acceptors (Lipinski definition) is 7. The van der Waals surface area contributed by atoms with Gasteiger partial charge >= 0.3 is 11.9 Å². The van der Waals surface area contributed by atoms with Gasteiger partial charge in [-0.3, -0.25) is 19.2 Å². The number of carbonyl (C=O) groups excluding carboxylic acids is 3. The molecule has 4 unspecified atom stereocenters. The molecule has 0 aliphatic heterocycles. The van der Waals surface area contributed by atoms with Crippen molar-refractivity contribution in [3.05, 3.63) is 120 Å². The Morgan fingerprint density at radius 1 is 0.556 bits per heavy atom. The molecule has 54 heavy (non-hydrogen) atoms. The third-order valence-corrected chi connectivity index (χ3v) is 9.24. The summed E-state index contributed by atoms with van der Waals surface area (Å²) in [6.45, 7) is 9.99. The fraction of sp³-hybridized carbons (Fsp3) is 0.364.